The highest BCUT2D eigenvalue weighted by molar-refractivity contribution is 5.68. The molecule has 13 heavy (non-hydrogen) atoms. The summed E-state index contributed by atoms with van der Waals surface area (Å²) >= 11 is 0. The highest BCUT2D eigenvalue weighted by atomic mass is 16.7. The van der Waals surface area contributed by atoms with E-state index in [1.54, 1.807) is 5.06 Å². The standard InChI is InChI=1S/C9H18N2O2/c1-3-9(12)13-11-6-4-8(10-2)5-7-11/h8,10H,3-7H2,1-2H3. The van der Waals surface area contributed by atoms with Crippen LogP contribution in [0.2, 0.25) is 0 Å². The van der Waals surface area contributed by atoms with Crippen LogP contribution in [0.5, 0.6) is 0 Å². The Hall–Kier alpha value is -0.610. The van der Waals surface area contributed by atoms with E-state index in [2.05, 4.69) is 5.32 Å². The summed E-state index contributed by atoms with van der Waals surface area (Å²) in [6.45, 7) is 3.50. The minimum Gasteiger partial charge on any atom is -0.368 e. The Morgan fingerprint density at radius 2 is 2.15 bits per heavy atom. The lowest BCUT2D eigenvalue weighted by Gasteiger charge is -2.29. The molecule has 1 rings (SSSR count). The Kier molecular flexibility index (Phi) is 4.18. The first kappa shape index (κ1) is 10.5. The van der Waals surface area contributed by atoms with Gasteiger partial charge in [-0.3, -0.25) is 4.79 Å². The van der Waals surface area contributed by atoms with Gasteiger partial charge in [0.15, 0.2) is 0 Å². The zero-order valence-electron chi connectivity index (χ0n) is 8.38. The van der Waals surface area contributed by atoms with Gasteiger partial charge in [0, 0.05) is 25.6 Å². The molecule has 1 saturated heterocycles. The number of carbonyl (C=O) groups is 1. The molecule has 1 fully saturated rings. The predicted octanol–water partition coefficient (Wildman–Crippen LogP) is 0.538. The van der Waals surface area contributed by atoms with Crippen molar-refractivity contribution in [3.63, 3.8) is 0 Å². The van der Waals surface area contributed by atoms with Gasteiger partial charge in [0.25, 0.3) is 0 Å². The summed E-state index contributed by atoms with van der Waals surface area (Å²) in [6.07, 6.45) is 2.55. The second kappa shape index (κ2) is 5.19. The summed E-state index contributed by atoms with van der Waals surface area (Å²) in [5.74, 6) is -0.136. The second-order valence-corrected chi connectivity index (χ2v) is 3.31. The van der Waals surface area contributed by atoms with E-state index in [0.29, 0.717) is 12.5 Å². The van der Waals surface area contributed by atoms with Crippen molar-refractivity contribution in [2.45, 2.75) is 32.2 Å². The molecule has 1 N–H and O–H groups in total. The lowest BCUT2D eigenvalue weighted by molar-refractivity contribution is -0.195. The van der Waals surface area contributed by atoms with Gasteiger partial charge >= 0.3 is 5.97 Å². The minimum atomic E-state index is -0.136. The van der Waals surface area contributed by atoms with Gasteiger partial charge in [-0.15, -0.1) is 5.06 Å². The molecule has 4 heteroatoms. The summed E-state index contributed by atoms with van der Waals surface area (Å²) in [6, 6.07) is 0.580. The maximum Gasteiger partial charge on any atom is 0.324 e. The smallest absolute Gasteiger partial charge is 0.324 e. The monoisotopic (exact) mass is 186 g/mol. The van der Waals surface area contributed by atoms with Crippen LogP contribution in [0.3, 0.4) is 0 Å². The molecule has 0 spiro atoms. The van der Waals surface area contributed by atoms with Crippen molar-refractivity contribution < 1.29 is 9.63 Å². The van der Waals surface area contributed by atoms with Crippen LogP contribution in [0.25, 0.3) is 0 Å². The summed E-state index contributed by atoms with van der Waals surface area (Å²) in [5, 5.41) is 4.99. The van der Waals surface area contributed by atoms with Gasteiger partial charge in [-0.1, -0.05) is 6.92 Å². The van der Waals surface area contributed by atoms with Gasteiger partial charge in [-0.2, -0.15) is 0 Å². The highest BCUT2D eigenvalue weighted by Crippen LogP contribution is 2.10. The first-order chi connectivity index (χ1) is 6.26. The van der Waals surface area contributed by atoms with Gasteiger partial charge < -0.3 is 10.2 Å². The van der Waals surface area contributed by atoms with Crippen LogP contribution in [0.4, 0.5) is 0 Å². The average Bonchev–Trinajstić information content (AvgIpc) is 2.19. The van der Waals surface area contributed by atoms with Crippen LogP contribution in [-0.4, -0.2) is 37.2 Å². The fourth-order valence-corrected chi connectivity index (χ4v) is 1.44. The van der Waals surface area contributed by atoms with Crippen LogP contribution in [0.1, 0.15) is 26.2 Å². The van der Waals surface area contributed by atoms with Crippen LogP contribution < -0.4 is 5.32 Å². The zero-order chi connectivity index (χ0) is 9.68. The molecule has 4 nitrogen and oxygen atoms in total. The Morgan fingerprint density at radius 1 is 1.54 bits per heavy atom. The lowest BCUT2D eigenvalue weighted by Crippen LogP contribution is -2.41. The molecule has 0 aromatic carbocycles. The highest BCUT2D eigenvalue weighted by Gasteiger charge is 2.19. The van der Waals surface area contributed by atoms with E-state index < -0.39 is 0 Å². The predicted molar refractivity (Wildman–Crippen MR) is 50.0 cm³/mol. The first-order valence-electron chi connectivity index (χ1n) is 4.89. The van der Waals surface area contributed by atoms with E-state index in [-0.39, 0.29) is 5.97 Å². The number of rotatable bonds is 3. The zero-order valence-corrected chi connectivity index (χ0v) is 8.38. The SMILES string of the molecule is CCC(=O)ON1CCC(NC)CC1. The first-order valence-corrected chi connectivity index (χ1v) is 4.89. The number of hydrogen-bond donors (Lipinski definition) is 1. The Balaban J connectivity index is 2.21. The molecule has 0 aliphatic carbocycles. The Bertz CT molecular complexity index is 165. The Labute approximate surface area is 79.2 Å². The van der Waals surface area contributed by atoms with Crippen molar-refractivity contribution in [1.29, 1.82) is 0 Å². The van der Waals surface area contributed by atoms with Crippen molar-refractivity contribution >= 4 is 5.97 Å². The maximum absolute atomic E-state index is 11.0. The largest absolute Gasteiger partial charge is 0.368 e. The number of nitrogens with zero attached hydrogens (tertiary/aromatic N) is 1. The second-order valence-electron chi connectivity index (χ2n) is 3.31. The third-order valence-electron chi connectivity index (χ3n) is 2.38. The molecule has 0 radical (unpaired) electrons. The molecule has 1 aliphatic rings. The minimum absolute atomic E-state index is 0.136. The average molecular weight is 186 g/mol. The summed E-state index contributed by atoms with van der Waals surface area (Å²) in [5.41, 5.74) is 0. The Morgan fingerprint density at radius 3 is 2.62 bits per heavy atom. The molecule has 1 aliphatic heterocycles. The van der Waals surface area contributed by atoms with E-state index in [0.717, 1.165) is 25.9 Å². The van der Waals surface area contributed by atoms with E-state index in [1.165, 1.54) is 0 Å². The van der Waals surface area contributed by atoms with E-state index >= 15 is 0 Å². The fraction of sp³-hybridized carbons (Fsp3) is 0.889. The summed E-state index contributed by atoms with van der Waals surface area (Å²) in [4.78, 5) is 16.1. The number of hydrogen-bond acceptors (Lipinski definition) is 4. The van der Waals surface area contributed by atoms with Gasteiger partial charge in [-0.05, 0) is 19.9 Å². The van der Waals surface area contributed by atoms with Crippen molar-refractivity contribution in [3.05, 3.63) is 0 Å². The van der Waals surface area contributed by atoms with Crippen molar-refractivity contribution in [1.82, 2.24) is 10.4 Å². The molecule has 0 aromatic rings. The van der Waals surface area contributed by atoms with Crippen LogP contribution in [0, 0.1) is 0 Å². The number of hydroxylamine groups is 2. The number of piperidine rings is 1. The summed E-state index contributed by atoms with van der Waals surface area (Å²) in [7, 11) is 1.97. The van der Waals surface area contributed by atoms with E-state index in [4.69, 9.17) is 4.84 Å². The van der Waals surface area contributed by atoms with E-state index in [9.17, 15) is 4.79 Å². The fourth-order valence-electron chi connectivity index (χ4n) is 1.44. The molecule has 0 saturated carbocycles. The molecule has 0 bridgehead atoms. The van der Waals surface area contributed by atoms with Gasteiger partial charge in [-0.25, -0.2) is 0 Å². The number of nitrogens with one attached hydrogen (secondary N) is 1. The van der Waals surface area contributed by atoms with Crippen molar-refractivity contribution in [3.8, 4) is 0 Å². The van der Waals surface area contributed by atoms with Crippen LogP contribution in [0.15, 0.2) is 0 Å². The maximum atomic E-state index is 11.0. The third-order valence-corrected chi connectivity index (χ3v) is 2.38. The quantitative estimate of drug-likeness (QED) is 0.698. The summed E-state index contributed by atoms with van der Waals surface area (Å²) < 4.78 is 0. The molecule has 0 aromatic heterocycles. The van der Waals surface area contributed by atoms with Crippen LogP contribution in [-0.2, 0) is 9.63 Å². The van der Waals surface area contributed by atoms with E-state index in [1.807, 2.05) is 14.0 Å². The molecule has 0 amide bonds. The van der Waals surface area contributed by atoms with Gasteiger partial charge in [0.05, 0.1) is 0 Å². The van der Waals surface area contributed by atoms with Crippen molar-refractivity contribution in [2.24, 2.45) is 0 Å². The molecular formula is C9H18N2O2. The molecule has 0 atom stereocenters. The normalized spacial score (nSPS) is 20.2. The van der Waals surface area contributed by atoms with Gasteiger partial charge in [0.1, 0.15) is 0 Å². The van der Waals surface area contributed by atoms with Crippen molar-refractivity contribution in [2.75, 3.05) is 20.1 Å². The molecular weight excluding hydrogens is 168 g/mol. The third kappa shape index (κ3) is 3.32. The molecule has 1 heterocycles. The lowest BCUT2D eigenvalue weighted by atomic mass is 10.1. The number of carbonyl (C=O) groups excluding carboxylic acids is 1. The molecule has 0 unspecified atom stereocenters. The van der Waals surface area contributed by atoms with Crippen LogP contribution >= 0.6 is 0 Å². The van der Waals surface area contributed by atoms with Gasteiger partial charge in [0.2, 0.25) is 0 Å². The molecule has 76 valence electrons. The topological polar surface area (TPSA) is 41.6 Å².